The first kappa shape index (κ1) is 11.9. The average Bonchev–Trinajstić information content (AvgIpc) is 2.51. The Morgan fingerprint density at radius 2 is 2.27 bits per heavy atom. The third-order valence-electron chi connectivity index (χ3n) is 1.38. The summed E-state index contributed by atoms with van der Waals surface area (Å²) in [5.74, 6) is -1.09. The monoisotopic (exact) mass is 240 g/mol. The van der Waals surface area contributed by atoms with Crippen LogP contribution in [0.5, 0.6) is 0 Å². The van der Waals surface area contributed by atoms with Gasteiger partial charge in [-0.25, -0.2) is 0 Å². The number of carbonyl (C=O) groups is 1. The number of hydrogen-bond donors (Lipinski definition) is 1. The number of hydrogen-bond acceptors (Lipinski definition) is 3. The molecule has 0 saturated carbocycles. The van der Waals surface area contributed by atoms with Crippen molar-refractivity contribution in [2.45, 2.75) is 12.1 Å². The summed E-state index contributed by atoms with van der Waals surface area (Å²) < 4.78 is 37.3. The van der Waals surface area contributed by atoms with Crippen LogP contribution < -0.4 is 0 Å². The largest absolute Gasteiger partial charge is 0.481 e. The summed E-state index contributed by atoms with van der Waals surface area (Å²) >= 11 is 0.972. The van der Waals surface area contributed by atoms with Crippen LogP contribution in [-0.4, -0.2) is 26.6 Å². The molecule has 84 valence electrons. The number of carboxylic acids is 1. The number of rotatable bonds is 4. The normalized spacial score (nSPS) is 11.7. The van der Waals surface area contributed by atoms with Gasteiger partial charge in [0.2, 0.25) is 0 Å². The molecular formula is C7H7F3N2O2S. The van der Waals surface area contributed by atoms with E-state index in [9.17, 15) is 18.0 Å². The van der Waals surface area contributed by atoms with Crippen LogP contribution >= 0.6 is 11.8 Å². The molecule has 0 aliphatic rings. The Labute approximate surface area is 87.1 Å². The number of nitrogens with zero attached hydrogens (tertiary/aromatic N) is 2. The van der Waals surface area contributed by atoms with Crippen LogP contribution in [0.25, 0.3) is 0 Å². The average molecular weight is 240 g/mol. The van der Waals surface area contributed by atoms with Gasteiger partial charge < -0.3 is 5.11 Å². The van der Waals surface area contributed by atoms with Crippen molar-refractivity contribution in [3.8, 4) is 0 Å². The minimum atomic E-state index is -4.46. The molecule has 0 amide bonds. The third kappa shape index (κ3) is 3.82. The summed E-state index contributed by atoms with van der Waals surface area (Å²) in [6.07, 6.45) is -3.29. The molecule has 8 heteroatoms. The van der Waals surface area contributed by atoms with Gasteiger partial charge in [0.25, 0.3) is 0 Å². The fourth-order valence-corrected chi connectivity index (χ4v) is 1.41. The fraction of sp³-hybridized carbons (Fsp3) is 0.429. The number of halogens is 3. The summed E-state index contributed by atoms with van der Waals surface area (Å²) in [6, 6.07) is 0.849. The lowest BCUT2D eigenvalue weighted by Gasteiger charge is -2.01. The Morgan fingerprint density at radius 3 is 2.73 bits per heavy atom. The highest BCUT2D eigenvalue weighted by Gasteiger charge is 2.33. The van der Waals surface area contributed by atoms with Crippen molar-refractivity contribution in [1.29, 1.82) is 0 Å². The molecule has 1 rings (SSSR count). The van der Waals surface area contributed by atoms with Gasteiger partial charge in [-0.2, -0.15) is 18.3 Å². The smallest absolute Gasteiger partial charge is 0.435 e. The Bertz CT molecular complexity index is 350. The van der Waals surface area contributed by atoms with Crippen molar-refractivity contribution >= 4 is 17.7 Å². The van der Waals surface area contributed by atoms with E-state index >= 15 is 0 Å². The lowest BCUT2D eigenvalue weighted by Crippen LogP contribution is -2.08. The highest BCUT2D eigenvalue weighted by Crippen LogP contribution is 2.27. The van der Waals surface area contributed by atoms with Gasteiger partial charge >= 0.3 is 12.1 Å². The maximum absolute atomic E-state index is 12.1. The number of carboxylic acid groups (broad SMARTS) is 1. The quantitative estimate of drug-likeness (QED) is 0.869. The van der Waals surface area contributed by atoms with E-state index in [1.807, 2.05) is 0 Å². The zero-order chi connectivity index (χ0) is 11.5. The second-order valence-corrected chi connectivity index (χ2v) is 3.56. The summed E-state index contributed by atoms with van der Waals surface area (Å²) in [5.41, 5.74) is -0.974. The number of aliphatic carboxylic acids is 1. The molecule has 1 aromatic rings. The molecule has 1 N–H and O–H groups in total. The minimum Gasteiger partial charge on any atom is -0.481 e. The molecule has 0 aliphatic carbocycles. The molecule has 0 fully saturated rings. The fourth-order valence-electron chi connectivity index (χ4n) is 0.811. The molecule has 0 bridgehead atoms. The van der Waals surface area contributed by atoms with E-state index in [1.165, 1.54) is 0 Å². The van der Waals surface area contributed by atoms with E-state index in [4.69, 9.17) is 5.11 Å². The van der Waals surface area contributed by atoms with Gasteiger partial charge in [0, 0.05) is 6.20 Å². The number of aromatic nitrogens is 2. The Kier molecular flexibility index (Phi) is 3.61. The standard InChI is InChI=1S/C7H7F3N2O2S/c8-7(9,10)5-1-2-12(11-5)4-15-3-6(13)14/h1-2H,3-4H2,(H,13,14). The van der Waals surface area contributed by atoms with E-state index in [1.54, 1.807) is 0 Å². The number of thioether (sulfide) groups is 1. The van der Waals surface area contributed by atoms with Crippen LogP contribution in [0, 0.1) is 0 Å². The Morgan fingerprint density at radius 1 is 1.60 bits per heavy atom. The molecule has 0 atom stereocenters. The molecule has 0 aliphatic heterocycles. The van der Waals surface area contributed by atoms with Crippen LogP contribution in [0.3, 0.4) is 0 Å². The third-order valence-corrected chi connectivity index (χ3v) is 2.28. The molecule has 0 unspecified atom stereocenters. The lowest BCUT2D eigenvalue weighted by molar-refractivity contribution is -0.141. The SMILES string of the molecule is O=C(O)CSCn1ccc(C(F)(F)F)n1. The predicted octanol–water partition coefficient (Wildman–Crippen LogP) is 1.68. The first-order valence-corrected chi connectivity index (χ1v) is 4.95. The van der Waals surface area contributed by atoms with E-state index in [-0.39, 0.29) is 11.6 Å². The van der Waals surface area contributed by atoms with Gasteiger partial charge in [-0.1, -0.05) is 0 Å². The molecule has 4 nitrogen and oxygen atoms in total. The van der Waals surface area contributed by atoms with Crippen LogP contribution in [0.1, 0.15) is 5.69 Å². The van der Waals surface area contributed by atoms with E-state index in [2.05, 4.69) is 5.10 Å². The van der Waals surface area contributed by atoms with Crippen molar-refractivity contribution in [3.05, 3.63) is 18.0 Å². The topological polar surface area (TPSA) is 55.1 Å². The number of alkyl halides is 3. The summed E-state index contributed by atoms with van der Waals surface area (Å²) in [6.45, 7) is 0. The highest BCUT2D eigenvalue weighted by atomic mass is 32.2. The Hall–Kier alpha value is -1.18. The van der Waals surface area contributed by atoms with Crippen LogP contribution in [0.4, 0.5) is 13.2 Å². The van der Waals surface area contributed by atoms with E-state index in [0.717, 1.165) is 28.7 Å². The summed E-state index contributed by atoms with van der Waals surface area (Å²) in [7, 11) is 0. The van der Waals surface area contributed by atoms with Crippen molar-refractivity contribution in [1.82, 2.24) is 9.78 Å². The van der Waals surface area contributed by atoms with Crippen molar-refractivity contribution < 1.29 is 23.1 Å². The van der Waals surface area contributed by atoms with Gasteiger partial charge in [-0.05, 0) is 6.07 Å². The van der Waals surface area contributed by atoms with Gasteiger partial charge in [-0.15, -0.1) is 11.8 Å². The molecule has 0 spiro atoms. The molecular weight excluding hydrogens is 233 g/mol. The first-order valence-electron chi connectivity index (χ1n) is 3.80. The van der Waals surface area contributed by atoms with Crippen molar-refractivity contribution in [2.24, 2.45) is 0 Å². The zero-order valence-corrected chi connectivity index (χ0v) is 8.18. The van der Waals surface area contributed by atoms with Gasteiger partial charge in [0.05, 0.1) is 11.6 Å². The summed E-state index contributed by atoms with van der Waals surface area (Å²) in [5, 5.41) is 11.6. The second-order valence-electron chi connectivity index (χ2n) is 2.61. The molecule has 15 heavy (non-hydrogen) atoms. The van der Waals surface area contributed by atoms with Gasteiger partial charge in [0.15, 0.2) is 5.69 Å². The van der Waals surface area contributed by atoms with E-state index < -0.39 is 17.8 Å². The molecule has 0 radical (unpaired) electrons. The maximum atomic E-state index is 12.1. The van der Waals surface area contributed by atoms with E-state index in [0.29, 0.717) is 0 Å². The van der Waals surface area contributed by atoms with Crippen LogP contribution in [0.15, 0.2) is 12.3 Å². The van der Waals surface area contributed by atoms with Crippen molar-refractivity contribution in [2.75, 3.05) is 5.75 Å². The molecule has 1 aromatic heterocycles. The molecule has 0 saturated heterocycles. The van der Waals surface area contributed by atoms with Crippen LogP contribution in [-0.2, 0) is 16.8 Å². The molecule has 1 heterocycles. The molecule has 0 aromatic carbocycles. The summed E-state index contributed by atoms with van der Waals surface area (Å²) in [4.78, 5) is 10.1. The van der Waals surface area contributed by atoms with Gasteiger partial charge in [-0.3, -0.25) is 9.48 Å². The Balaban J connectivity index is 2.50. The van der Waals surface area contributed by atoms with Gasteiger partial charge in [0.1, 0.15) is 0 Å². The highest BCUT2D eigenvalue weighted by molar-refractivity contribution is 7.98. The maximum Gasteiger partial charge on any atom is 0.435 e. The zero-order valence-electron chi connectivity index (χ0n) is 7.36. The lowest BCUT2D eigenvalue weighted by atomic mass is 10.4. The predicted molar refractivity (Wildman–Crippen MR) is 47.3 cm³/mol. The first-order chi connectivity index (χ1) is 6.89. The minimum absolute atomic E-state index is 0.0857. The van der Waals surface area contributed by atoms with Crippen molar-refractivity contribution in [3.63, 3.8) is 0 Å². The van der Waals surface area contributed by atoms with Crippen LogP contribution in [0.2, 0.25) is 0 Å². The second kappa shape index (κ2) is 4.56.